The van der Waals surface area contributed by atoms with Crippen molar-refractivity contribution >= 4 is 11.3 Å². The number of ether oxygens (including phenoxy) is 2. The van der Waals surface area contributed by atoms with Gasteiger partial charge in [0, 0.05) is 13.1 Å². The van der Waals surface area contributed by atoms with E-state index in [1.807, 2.05) is 26.0 Å². The highest BCUT2D eigenvalue weighted by Gasteiger charge is 2.13. The molecule has 26 heavy (non-hydrogen) atoms. The molecule has 3 heteroatoms. The third-order valence-electron chi connectivity index (χ3n) is 4.44. The molecule has 0 aliphatic carbocycles. The highest BCUT2D eigenvalue weighted by molar-refractivity contribution is 5.82. The molecule has 0 heterocycles. The Morgan fingerprint density at radius 2 is 1.46 bits per heavy atom. The van der Waals surface area contributed by atoms with Gasteiger partial charge in [-0.2, -0.15) is 0 Å². The van der Waals surface area contributed by atoms with Crippen molar-refractivity contribution in [2.45, 2.75) is 34.6 Å². The molecule has 0 saturated heterocycles. The maximum Gasteiger partial charge on any atom is 0.143 e. The van der Waals surface area contributed by atoms with Crippen molar-refractivity contribution < 1.29 is 9.47 Å². The molecule has 0 spiro atoms. The summed E-state index contributed by atoms with van der Waals surface area (Å²) in [6.07, 6.45) is 2.15. The number of hydrogen-bond acceptors (Lipinski definition) is 3. The Labute approximate surface area is 158 Å². The van der Waals surface area contributed by atoms with E-state index in [1.165, 1.54) is 11.1 Å². The van der Waals surface area contributed by atoms with Gasteiger partial charge in [-0.15, -0.1) is 0 Å². The first-order valence-electron chi connectivity index (χ1n) is 9.60. The lowest BCUT2D eigenvalue weighted by atomic mass is 9.97. The second kappa shape index (κ2) is 9.91. The quantitative estimate of drug-likeness (QED) is 0.570. The summed E-state index contributed by atoms with van der Waals surface area (Å²) in [7, 11) is 0. The third-order valence-corrected chi connectivity index (χ3v) is 4.44. The van der Waals surface area contributed by atoms with Gasteiger partial charge in [-0.3, -0.25) is 0 Å². The van der Waals surface area contributed by atoms with Crippen molar-refractivity contribution in [2.75, 3.05) is 31.2 Å². The molecule has 2 rings (SSSR count). The van der Waals surface area contributed by atoms with E-state index in [0.29, 0.717) is 13.2 Å². The Morgan fingerprint density at radius 3 is 2.00 bits per heavy atom. The number of allylic oxidation sites excluding steroid dienone is 1. The zero-order chi connectivity index (χ0) is 18.9. The normalized spacial score (nSPS) is 11.3. The number of benzene rings is 2. The predicted molar refractivity (Wildman–Crippen MR) is 112 cm³/mol. The van der Waals surface area contributed by atoms with Gasteiger partial charge in [0.25, 0.3) is 0 Å². The molecular weight excluding hydrogens is 322 g/mol. The number of hydrogen-bond donors (Lipinski definition) is 0. The topological polar surface area (TPSA) is 21.7 Å². The summed E-state index contributed by atoms with van der Waals surface area (Å²) in [6.45, 7) is 13.7. The second-order valence-corrected chi connectivity index (χ2v) is 5.95. The van der Waals surface area contributed by atoms with Gasteiger partial charge in [-0.05, 0) is 75.6 Å². The van der Waals surface area contributed by atoms with Crippen molar-refractivity contribution in [3.8, 4) is 11.5 Å². The van der Waals surface area contributed by atoms with Crippen LogP contribution in [0.15, 0.2) is 48.5 Å². The van der Waals surface area contributed by atoms with Gasteiger partial charge in [0.1, 0.15) is 11.5 Å². The Morgan fingerprint density at radius 1 is 0.846 bits per heavy atom. The molecule has 0 aliphatic rings. The lowest BCUT2D eigenvalue weighted by Crippen LogP contribution is -2.22. The molecule has 3 nitrogen and oxygen atoms in total. The van der Waals surface area contributed by atoms with Gasteiger partial charge >= 0.3 is 0 Å². The summed E-state index contributed by atoms with van der Waals surface area (Å²) in [4.78, 5) is 2.32. The smallest absolute Gasteiger partial charge is 0.143 e. The number of anilines is 1. The Hall–Kier alpha value is -2.42. The van der Waals surface area contributed by atoms with Gasteiger partial charge in [-0.1, -0.05) is 24.3 Å². The molecule has 0 radical (unpaired) electrons. The largest absolute Gasteiger partial charge is 0.494 e. The van der Waals surface area contributed by atoms with Crippen LogP contribution in [0.1, 0.15) is 45.7 Å². The Balaban J connectivity index is 2.40. The Kier molecular flexibility index (Phi) is 7.58. The van der Waals surface area contributed by atoms with E-state index in [1.54, 1.807) is 0 Å². The number of rotatable bonds is 9. The fraction of sp³-hybridized carbons (Fsp3) is 0.391. The van der Waals surface area contributed by atoms with E-state index in [2.05, 4.69) is 62.1 Å². The first-order chi connectivity index (χ1) is 12.7. The first kappa shape index (κ1) is 19.9. The SMILES string of the molecule is CC=C(c1ccc(OCC)cc1)c1ccc(N(CC)CC)c(OCC)c1. The summed E-state index contributed by atoms with van der Waals surface area (Å²) in [5, 5.41) is 0. The fourth-order valence-electron chi connectivity index (χ4n) is 3.18. The molecule has 0 fully saturated rings. The van der Waals surface area contributed by atoms with Crippen molar-refractivity contribution in [3.05, 3.63) is 59.7 Å². The average molecular weight is 354 g/mol. The summed E-state index contributed by atoms with van der Waals surface area (Å²) < 4.78 is 11.5. The highest BCUT2D eigenvalue weighted by Crippen LogP contribution is 2.34. The zero-order valence-electron chi connectivity index (χ0n) is 16.7. The average Bonchev–Trinajstić information content (AvgIpc) is 2.66. The van der Waals surface area contributed by atoms with Crippen molar-refractivity contribution in [2.24, 2.45) is 0 Å². The van der Waals surface area contributed by atoms with Crippen molar-refractivity contribution in [3.63, 3.8) is 0 Å². The van der Waals surface area contributed by atoms with Crippen LogP contribution >= 0.6 is 0 Å². The van der Waals surface area contributed by atoms with Gasteiger partial charge < -0.3 is 14.4 Å². The van der Waals surface area contributed by atoms with Crippen molar-refractivity contribution in [1.29, 1.82) is 0 Å². The molecule has 0 amide bonds. The van der Waals surface area contributed by atoms with E-state index in [0.717, 1.165) is 35.8 Å². The van der Waals surface area contributed by atoms with Crippen LogP contribution in [0.4, 0.5) is 5.69 Å². The minimum Gasteiger partial charge on any atom is -0.494 e. The molecule has 140 valence electrons. The van der Waals surface area contributed by atoms with Crippen LogP contribution in [0.25, 0.3) is 5.57 Å². The van der Waals surface area contributed by atoms with Crippen LogP contribution in [0.3, 0.4) is 0 Å². The molecule has 0 saturated carbocycles. The fourth-order valence-corrected chi connectivity index (χ4v) is 3.18. The summed E-state index contributed by atoms with van der Waals surface area (Å²) >= 11 is 0. The van der Waals surface area contributed by atoms with Crippen LogP contribution in [-0.2, 0) is 0 Å². The maximum absolute atomic E-state index is 5.96. The molecule has 0 aliphatic heterocycles. The van der Waals surface area contributed by atoms with Crippen LogP contribution in [0.2, 0.25) is 0 Å². The third kappa shape index (κ3) is 4.60. The molecule has 0 atom stereocenters. The van der Waals surface area contributed by atoms with Crippen LogP contribution in [0, 0.1) is 0 Å². The van der Waals surface area contributed by atoms with Gasteiger partial charge in [0.2, 0.25) is 0 Å². The van der Waals surface area contributed by atoms with E-state index in [4.69, 9.17) is 9.47 Å². The summed E-state index contributed by atoms with van der Waals surface area (Å²) in [5.41, 5.74) is 4.69. The summed E-state index contributed by atoms with van der Waals surface area (Å²) in [6, 6.07) is 14.8. The molecular formula is C23H31NO2. The van der Waals surface area contributed by atoms with Gasteiger partial charge in [-0.25, -0.2) is 0 Å². The van der Waals surface area contributed by atoms with Gasteiger partial charge in [0.15, 0.2) is 0 Å². The first-order valence-corrected chi connectivity index (χ1v) is 9.60. The van der Waals surface area contributed by atoms with Crippen LogP contribution < -0.4 is 14.4 Å². The standard InChI is InChI=1S/C23H31NO2/c1-6-21(18-11-14-20(15-12-18)25-9-4)19-13-16-22(24(7-2)8-3)23(17-19)26-10-5/h6,11-17H,7-10H2,1-5H3. The van der Waals surface area contributed by atoms with Gasteiger partial charge in [0.05, 0.1) is 18.9 Å². The van der Waals surface area contributed by atoms with Crippen LogP contribution in [-0.4, -0.2) is 26.3 Å². The second-order valence-electron chi connectivity index (χ2n) is 5.95. The molecule has 0 aromatic heterocycles. The number of nitrogens with zero attached hydrogens (tertiary/aromatic N) is 1. The van der Waals surface area contributed by atoms with E-state index < -0.39 is 0 Å². The monoisotopic (exact) mass is 353 g/mol. The Bertz CT molecular complexity index is 715. The molecule has 2 aromatic carbocycles. The lowest BCUT2D eigenvalue weighted by Gasteiger charge is -2.24. The van der Waals surface area contributed by atoms with Crippen LogP contribution in [0.5, 0.6) is 11.5 Å². The molecule has 2 aromatic rings. The van der Waals surface area contributed by atoms with E-state index in [9.17, 15) is 0 Å². The van der Waals surface area contributed by atoms with E-state index >= 15 is 0 Å². The minimum absolute atomic E-state index is 0.659. The molecule has 0 bridgehead atoms. The zero-order valence-corrected chi connectivity index (χ0v) is 16.7. The highest BCUT2D eigenvalue weighted by atomic mass is 16.5. The maximum atomic E-state index is 5.96. The van der Waals surface area contributed by atoms with E-state index in [-0.39, 0.29) is 0 Å². The van der Waals surface area contributed by atoms with Crippen molar-refractivity contribution in [1.82, 2.24) is 0 Å². The summed E-state index contributed by atoms with van der Waals surface area (Å²) in [5.74, 6) is 1.84. The molecule has 0 N–H and O–H groups in total. The predicted octanol–water partition coefficient (Wildman–Crippen LogP) is 5.78. The molecule has 0 unspecified atom stereocenters. The minimum atomic E-state index is 0.659. The lowest BCUT2D eigenvalue weighted by molar-refractivity contribution is 0.340.